The van der Waals surface area contributed by atoms with Crippen molar-refractivity contribution >= 4 is 11.6 Å². The van der Waals surface area contributed by atoms with E-state index in [1.807, 2.05) is 6.20 Å². The van der Waals surface area contributed by atoms with Crippen LogP contribution in [0.5, 0.6) is 0 Å². The van der Waals surface area contributed by atoms with Gasteiger partial charge in [0.15, 0.2) is 0 Å². The Kier molecular flexibility index (Phi) is 4.25. The van der Waals surface area contributed by atoms with Crippen molar-refractivity contribution < 1.29 is 0 Å². The molecule has 0 amide bonds. The average Bonchev–Trinajstić information content (AvgIpc) is 2.32. The van der Waals surface area contributed by atoms with Crippen LogP contribution in [0, 0.1) is 5.41 Å². The summed E-state index contributed by atoms with van der Waals surface area (Å²) in [4.78, 5) is 6.62. The van der Waals surface area contributed by atoms with Gasteiger partial charge in [0.25, 0.3) is 0 Å². The van der Waals surface area contributed by atoms with Gasteiger partial charge < -0.3 is 5.32 Å². The van der Waals surface area contributed by atoms with Gasteiger partial charge in [-0.15, -0.1) is 0 Å². The van der Waals surface area contributed by atoms with E-state index < -0.39 is 0 Å². The zero-order chi connectivity index (χ0) is 13.2. The van der Waals surface area contributed by atoms with E-state index in [2.05, 4.69) is 42.0 Å². The fourth-order valence-corrected chi connectivity index (χ4v) is 2.98. The van der Waals surface area contributed by atoms with Crippen LogP contribution < -0.4 is 5.32 Å². The van der Waals surface area contributed by atoms with Crippen LogP contribution in [0.1, 0.15) is 32.4 Å². The summed E-state index contributed by atoms with van der Waals surface area (Å²) in [6, 6.07) is 2.40. The van der Waals surface area contributed by atoms with Crippen molar-refractivity contribution in [3.05, 3.63) is 29.0 Å². The number of pyridine rings is 1. The summed E-state index contributed by atoms with van der Waals surface area (Å²) in [6.07, 6.45) is 3.58. The van der Waals surface area contributed by atoms with Crippen molar-refractivity contribution in [2.24, 2.45) is 5.41 Å². The van der Waals surface area contributed by atoms with Gasteiger partial charge in [0.05, 0.1) is 5.02 Å². The predicted octanol–water partition coefficient (Wildman–Crippen LogP) is 2.73. The Labute approximate surface area is 115 Å². The van der Waals surface area contributed by atoms with Crippen molar-refractivity contribution in [3.63, 3.8) is 0 Å². The second-order valence-corrected chi connectivity index (χ2v) is 6.36. The highest BCUT2D eigenvalue weighted by atomic mass is 35.5. The first kappa shape index (κ1) is 13.8. The number of hydrogen-bond acceptors (Lipinski definition) is 3. The third-order valence-corrected chi connectivity index (χ3v) is 3.75. The zero-order valence-electron chi connectivity index (χ0n) is 11.4. The van der Waals surface area contributed by atoms with Crippen LogP contribution >= 0.6 is 11.6 Å². The fraction of sp³-hybridized carbons (Fsp3) is 0.643. The van der Waals surface area contributed by atoms with Crippen LogP contribution in [0.4, 0.5) is 0 Å². The molecule has 2 heterocycles. The second-order valence-electron chi connectivity index (χ2n) is 5.95. The molecule has 0 aromatic carbocycles. The second kappa shape index (κ2) is 5.55. The van der Waals surface area contributed by atoms with E-state index in [1.54, 1.807) is 6.20 Å². The first-order valence-corrected chi connectivity index (χ1v) is 6.92. The molecule has 1 aromatic rings. The molecule has 1 aliphatic heterocycles. The number of rotatable bonds is 2. The summed E-state index contributed by atoms with van der Waals surface area (Å²) >= 11 is 6.34. The first-order chi connectivity index (χ1) is 8.50. The largest absolute Gasteiger partial charge is 0.314 e. The number of hydrogen-bond donors (Lipinski definition) is 1. The van der Waals surface area contributed by atoms with Crippen LogP contribution in [-0.2, 0) is 0 Å². The van der Waals surface area contributed by atoms with Gasteiger partial charge in [-0.1, -0.05) is 32.4 Å². The van der Waals surface area contributed by atoms with Crippen molar-refractivity contribution in [2.75, 3.05) is 26.2 Å². The Hall–Kier alpha value is -0.640. The molecule has 1 fully saturated rings. The summed E-state index contributed by atoms with van der Waals surface area (Å²) in [7, 11) is 0. The summed E-state index contributed by atoms with van der Waals surface area (Å²) in [5.74, 6) is 0. The van der Waals surface area contributed by atoms with E-state index in [1.165, 1.54) is 5.56 Å². The minimum Gasteiger partial charge on any atom is -0.314 e. The van der Waals surface area contributed by atoms with E-state index in [4.69, 9.17) is 11.6 Å². The maximum absolute atomic E-state index is 6.34. The number of halogens is 1. The first-order valence-electron chi connectivity index (χ1n) is 6.54. The van der Waals surface area contributed by atoms with E-state index in [9.17, 15) is 0 Å². The van der Waals surface area contributed by atoms with E-state index in [0.717, 1.165) is 31.2 Å². The molecule has 18 heavy (non-hydrogen) atoms. The van der Waals surface area contributed by atoms with Crippen LogP contribution in [0.3, 0.4) is 0 Å². The number of nitrogens with one attached hydrogen (secondary N) is 1. The van der Waals surface area contributed by atoms with Gasteiger partial charge in [0.1, 0.15) is 0 Å². The minimum atomic E-state index is 0.155. The highest BCUT2D eigenvalue weighted by Gasteiger charge is 2.33. The third kappa shape index (κ3) is 3.02. The van der Waals surface area contributed by atoms with Crippen LogP contribution in [0.15, 0.2) is 18.5 Å². The lowest BCUT2D eigenvalue weighted by Gasteiger charge is -2.42. The summed E-state index contributed by atoms with van der Waals surface area (Å²) in [6.45, 7) is 11.1. The highest BCUT2D eigenvalue weighted by Crippen LogP contribution is 2.40. The smallest absolute Gasteiger partial charge is 0.0637 e. The quantitative estimate of drug-likeness (QED) is 0.893. The molecule has 1 aromatic heterocycles. The van der Waals surface area contributed by atoms with Gasteiger partial charge in [-0.3, -0.25) is 9.88 Å². The Balaban J connectivity index is 2.34. The van der Waals surface area contributed by atoms with E-state index >= 15 is 0 Å². The van der Waals surface area contributed by atoms with Gasteiger partial charge >= 0.3 is 0 Å². The normalized spacial score (nSPS) is 19.8. The van der Waals surface area contributed by atoms with Gasteiger partial charge in [0.2, 0.25) is 0 Å². The fourth-order valence-electron chi connectivity index (χ4n) is 2.76. The van der Waals surface area contributed by atoms with Crippen molar-refractivity contribution in [3.8, 4) is 0 Å². The van der Waals surface area contributed by atoms with Crippen molar-refractivity contribution in [1.82, 2.24) is 15.2 Å². The number of nitrogens with zero attached hydrogens (tertiary/aromatic N) is 2. The zero-order valence-corrected chi connectivity index (χ0v) is 12.2. The molecule has 4 heteroatoms. The minimum absolute atomic E-state index is 0.155. The molecule has 0 spiro atoms. The Morgan fingerprint density at radius 1 is 1.33 bits per heavy atom. The summed E-state index contributed by atoms with van der Waals surface area (Å²) in [5, 5.41) is 4.17. The molecular weight excluding hydrogens is 246 g/mol. The Morgan fingerprint density at radius 3 is 2.56 bits per heavy atom. The van der Waals surface area contributed by atoms with Crippen LogP contribution in [0.25, 0.3) is 0 Å². The molecular formula is C14H22ClN3. The lowest BCUT2D eigenvalue weighted by molar-refractivity contribution is 0.0862. The Morgan fingerprint density at radius 2 is 2.00 bits per heavy atom. The highest BCUT2D eigenvalue weighted by molar-refractivity contribution is 6.31. The van der Waals surface area contributed by atoms with Gasteiger partial charge in [0, 0.05) is 44.6 Å². The molecule has 1 atom stereocenters. The topological polar surface area (TPSA) is 28.2 Å². The number of piperazine rings is 1. The maximum Gasteiger partial charge on any atom is 0.0637 e. The van der Waals surface area contributed by atoms with Gasteiger partial charge in [-0.05, 0) is 17.0 Å². The molecule has 2 rings (SSSR count). The standard InChI is InChI=1S/C14H22ClN3/c1-14(2,3)13(18-8-6-16-7-9-18)11-4-5-17-10-12(11)15/h4-5,10,13,16H,6-9H2,1-3H3/t13-/m1/s1. The van der Waals surface area contributed by atoms with Crippen LogP contribution in [-0.4, -0.2) is 36.1 Å². The lowest BCUT2D eigenvalue weighted by atomic mass is 9.81. The van der Waals surface area contributed by atoms with Crippen LogP contribution in [0.2, 0.25) is 5.02 Å². The number of aromatic nitrogens is 1. The SMILES string of the molecule is CC(C)(C)[C@@H](c1ccncc1Cl)N1CCNCC1. The predicted molar refractivity (Wildman–Crippen MR) is 75.9 cm³/mol. The molecule has 100 valence electrons. The van der Waals surface area contributed by atoms with Crippen molar-refractivity contribution in [1.29, 1.82) is 0 Å². The van der Waals surface area contributed by atoms with Gasteiger partial charge in [-0.25, -0.2) is 0 Å². The monoisotopic (exact) mass is 267 g/mol. The molecule has 0 unspecified atom stereocenters. The molecule has 3 nitrogen and oxygen atoms in total. The molecule has 0 aliphatic carbocycles. The molecule has 1 saturated heterocycles. The maximum atomic E-state index is 6.34. The molecule has 1 aliphatic rings. The third-order valence-electron chi connectivity index (χ3n) is 3.44. The lowest BCUT2D eigenvalue weighted by Crippen LogP contribution is -2.48. The molecule has 0 saturated carbocycles. The Bertz CT molecular complexity index is 394. The summed E-state index contributed by atoms with van der Waals surface area (Å²) in [5.41, 5.74) is 1.35. The summed E-state index contributed by atoms with van der Waals surface area (Å²) < 4.78 is 0. The molecule has 0 bridgehead atoms. The van der Waals surface area contributed by atoms with E-state index in [0.29, 0.717) is 6.04 Å². The van der Waals surface area contributed by atoms with Gasteiger partial charge in [-0.2, -0.15) is 0 Å². The average molecular weight is 268 g/mol. The van der Waals surface area contributed by atoms with E-state index in [-0.39, 0.29) is 5.41 Å². The molecule has 1 N–H and O–H groups in total. The van der Waals surface area contributed by atoms with Crippen molar-refractivity contribution in [2.45, 2.75) is 26.8 Å². The molecule has 0 radical (unpaired) electrons.